The molecule has 130 valence electrons. The Morgan fingerprint density at radius 2 is 1.46 bits per heavy atom. The summed E-state index contributed by atoms with van der Waals surface area (Å²) in [4.78, 5) is 13.2. The van der Waals surface area contributed by atoms with Gasteiger partial charge in [0.25, 0.3) is 5.91 Å². The summed E-state index contributed by atoms with van der Waals surface area (Å²) in [5.41, 5.74) is 5.34. The van der Waals surface area contributed by atoms with Gasteiger partial charge in [-0.2, -0.15) is 0 Å². The molecule has 0 spiro atoms. The van der Waals surface area contributed by atoms with E-state index in [1.807, 2.05) is 43.4 Å². The molecule has 0 radical (unpaired) electrons. The van der Waals surface area contributed by atoms with E-state index in [4.69, 9.17) is 0 Å². The number of benzene rings is 3. The Bertz CT molecular complexity index is 922. The van der Waals surface area contributed by atoms with Crippen LogP contribution in [0.4, 0.5) is 11.4 Å². The lowest BCUT2D eigenvalue weighted by atomic mass is 10.0. The smallest absolute Gasteiger partial charge is 0.267 e. The fourth-order valence-corrected chi connectivity index (χ4v) is 4.02. The molecule has 1 amide bonds. The molecule has 4 heteroatoms. The number of amides is 1. The van der Waals surface area contributed by atoms with Crippen LogP contribution in [0.3, 0.4) is 0 Å². The van der Waals surface area contributed by atoms with Crippen molar-refractivity contribution < 1.29 is 4.79 Å². The summed E-state index contributed by atoms with van der Waals surface area (Å²) in [5, 5.41) is 3.79. The second kappa shape index (κ2) is 7.11. The second-order valence-corrected chi connectivity index (χ2v) is 7.65. The molecule has 0 saturated heterocycles. The molecule has 0 unspecified atom stereocenters. The molecule has 0 aliphatic carbocycles. The third-order valence-electron chi connectivity index (χ3n) is 4.77. The standard InChI is InChI=1S/C22H19IN2O/c1-24(22(26)18-9-6-10-19(23)15-18)25-20-11-4-2-7-16(20)13-14-17-8-3-5-12-21(17)25/h2-12,15H,13-14H2,1H3. The van der Waals surface area contributed by atoms with E-state index in [2.05, 4.69) is 64.0 Å². The summed E-state index contributed by atoms with van der Waals surface area (Å²) < 4.78 is 1.05. The molecule has 0 N–H and O–H groups in total. The number of rotatable bonds is 2. The first-order valence-electron chi connectivity index (χ1n) is 8.64. The first-order chi connectivity index (χ1) is 12.6. The number of carbonyl (C=O) groups is 1. The van der Waals surface area contributed by atoms with Crippen LogP contribution in [-0.2, 0) is 12.8 Å². The molecule has 0 fully saturated rings. The largest absolute Gasteiger partial charge is 0.272 e. The van der Waals surface area contributed by atoms with Gasteiger partial charge in [-0.25, -0.2) is 5.01 Å². The fourth-order valence-electron chi connectivity index (χ4n) is 3.48. The minimum absolute atomic E-state index is 0.0185. The third kappa shape index (κ3) is 3.09. The van der Waals surface area contributed by atoms with Gasteiger partial charge >= 0.3 is 0 Å². The lowest BCUT2D eigenvalue weighted by Gasteiger charge is -2.35. The fraction of sp³-hybridized carbons (Fsp3) is 0.136. The molecule has 26 heavy (non-hydrogen) atoms. The lowest BCUT2D eigenvalue weighted by Crippen LogP contribution is -2.41. The number of para-hydroxylation sites is 2. The van der Waals surface area contributed by atoms with Crippen LogP contribution in [0.25, 0.3) is 0 Å². The van der Waals surface area contributed by atoms with Gasteiger partial charge in [-0.05, 0) is 76.9 Å². The van der Waals surface area contributed by atoms with E-state index < -0.39 is 0 Å². The van der Waals surface area contributed by atoms with Crippen molar-refractivity contribution in [3.8, 4) is 0 Å². The van der Waals surface area contributed by atoms with Crippen LogP contribution < -0.4 is 5.01 Å². The third-order valence-corrected chi connectivity index (χ3v) is 5.44. The Morgan fingerprint density at radius 3 is 2.04 bits per heavy atom. The Morgan fingerprint density at radius 1 is 0.885 bits per heavy atom. The molecule has 3 aromatic carbocycles. The van der Waals surface area contributed by atoms with Gasteiger partial charge in [0.15, 0.2) is 0 Å². The molecule has 3 nitrogen and oxygen atoms in total. The summed E-state index contributed by atoms with van der Waals surface area (Å²) in [5.74, 6) is -0.0185. The maximum atomic E-state index is 13.2. The lowest BCUT2D eigenvalue weighted by molar-refractivity contribution is 0.0795. The molecule has 1 aliphatic heterocycles. The SMILES string of the molecule is CN(C(=O)c1cccc(I)c1)N1c2ccccc2CCc2ccccc21. The highest BCUT2D eigenvalue weighted by Crippen LogP contribution is 2.37. The maximum Gasteiger partial charge on any atom is 0.272 e. The van der Waals surface area contributed by atoms with Gasteiger partial charge in [0, 0.05) is 16.2 Å². The van der Waals surface area contributed by atoms with Gasteiger partial charge in [0.2, 0.25) is 0 Å². The van der Waals surface area contributed by atoms with Gasteiger partial charge < -0.3 is 0 Å². The normalized spacial score (nSPS) is 12.8. The van der Waals surface area contributed by atoms with E-state index >= 15 is 0 Å². The number of nitrogens with zero attached hydrogens (tertiary/aromatic N) is 2. The number of hydrazine groups is 1. The van der Waals surface area contributed by atoms with E-state index in [0.717, 1.165) is 27.8 Å². The summed E-state index contributed by atoms with van der Waals surface area (Å²) in [6.07, 6.45) is 1.93. The first kappa shape index (κ1) is 17.1. The predicted octanol–water partition coefficient (Wildman–Crippen LogP) is 5.22. The zero-order chi connectivity index (χ0) is 18.1. The van der Waals surface area contributed by atoms with Crippen molar-refractivity contribution in [3.05, 3.63) is 93.1 Å². The van der Waals surface area contributed by atoms with Crippen LogP contribution in [0.5, 0.6) is 0 Å². The zero-order valence-corrected chi connectivity index (χ0v) is 16.7. The maximum absolute atomic E-state index is 13.2. The van der Waals surface area contributed by atoms with Crippen molar-refractivity contribution in [1.29, 1.82) is 0 Å². The Kier molecular flexibility index (Phi) is 4.68. The highest BCUT2D eigenvalue weighted by atomic mass is 127. The van der Waals surface area contributed by atoms with Crippen LogP contribution in [-0.4, -0.2) is 18.0 Å². The number of halogens is 1. The number of hydrogen-bond donors (Lipinski definition) is 0. The zero-order valence-electron chi connectivity index (χ0n) is 14.5. The van der Waals surface area contributed by atoms with E-state index in [1.165, 1.54) is 11.1 Å². The topological polar surface area (TPSA) is 23.6 Å². The van der Waals surface area contributed by atoms with Gasteiger partial charge in [0.1, 0.15) is 0 Å². The Hall–Kier alpha value is -2.34. The molecule has 1 heterocycles. The first-order valence-corrected chi connectivity index (χ1v) is 9.72. The van der Waals surface area contributed by atoms with E-state index in [1.54, 1.807) is 5.01 Å². The van der Waals surface area contributed by atoms with Gasteiger partial charge in [-0.1, -0.05) is 42.5 Å². The van der Waals surface area contributed by atoms with Crippen LogP contribution >= 0.6 is 22.6 Å². The highest BCUT2D eigenvalue weighted by Gasteiger charge is 2.26. The minimum Gasteiger partial charge on any atom is -0.267 e. The number of fused-ring (bicyclic) bond motifs is 2. The summed E-state index contributed by atoms with van der Waals surface area (Å²) >= 11 is 2.24. The number of carbonyl (C=O) groups excluding carboxylic acids is 1. The van der Waals surface area contributed by atoms with Crippen molar-refractivity contribution in [2.75, 3.05) is 12.1 Å². The van der Waals surface area contributed by atoms with Crippen LogP contribution in [0.2, 0.25) is 0 Å². The molecule has 4 rings (SSSR count). The van der Waals surface area contributed by atoms with E-state index in [0.29, 0.717) is 5.56 Å². The van der Waals surface area contributed by atoms with Crippen molar-refractivity contribution in [2.45, 2.75) is 12.8 Å². The van der Waals surface area contributed by atoms with Crippen molar-refractivity contribution >= 4 is 39.9 Å². The van der Waals surface area contributed by atoms with E-state index in [-0.39, 0.29) is 5.91 Å². The van der Waals surface area contributed by atoms with Crippen LogP contribution in [0, 0.1) is 3.57 Å². The van der Waals surface area contributed by atoms with Crippen LogP contribution in [0.1, 0.15) is 21.5 Å². The molecule has 1 aliphatic rings. The number of anilines is 2. The van der Waals surface area contributed by atoms with Crippen molar-refractivity contribution in [2.24, 2.45) is 0 Å². The predicted molar refractivity (Wildman–Crippen MR) is 114 cm³/mol. The summed E-state index contributed by atoms with van der Waals surface area (Å²) in [7, 11) is 1.85. The molecular formula is C22H19IN2O. The average Bonchev–Trinajstić information content (AvgIpc) is 2.84. The van der Waals surface area contributed by atoms with Gasteiger partial charge in [-0.3, -0.25) is 9.80 Å². The van der Waals surface area contributed by atoms with Gasteiger partial charge in [-0.15, -0.1) is 0 Å². The Labute approximate surface area is 167 Å². The molecule has 0 saturated carbocycles. The Balaban J connectivity index is 1.83. The summed E-state index contributed by atoms with van der Waals surface area (Å²) in [6.45, 7) is 0. The second-order valence-electron chi connectivity index (χ2n) is 6.41. The highest BCUT2D eigenvalue weighted by molar-refractivity contribution is 14.1. The van der Waals surface area contributed by atoms with E-state index in [9.17, 15) is 4.79 Å². The monoisotopic (exact) mass is 454 g/mol. The summed E-state index contributed by atoms with van der Waals surface area (Å²) in [6, 6.07) is 24.4. The molecular weight excluding hydrogens is 435 g/mol. The average molecular weight is 454 g/mol. The van der Waals surface area contributed by atoms with Crippen LogP contribution in [0.15, 0.2) is 72.8 Å². The quantitative estimate of drug-likeness (QED) is 0.496. The number of hydrogen-bond acceptors (Lipinski definition) is 2. The van der Waals surface area contributed by atoms with Gasteiger partial charge in [0.05, 0.1) is 11.4 Å². The van der Waals surface area contributed by atoms with Crippen molar-refractivity contribution in [1.82, 2.24) is 5.01 Å². The minimum atomic E-state index is -0.0185. The van der Waals surface area contributed by atoms with Crippen molar-refractivity contribution in [3.63, 3.8) is 0 Å². The molecule has 0 atom stereocenters. The molecule has 3 aromatic rings. The number of aryl methyl sites for hydroxylation is 2. The molecule has 0 bridgehead atoms. The molecule has 0 aromatic heterocycles.